The number of carboxylic acids is 1. The fourth-order valence-electron chi connectivity index (χ4n) is 1.89. The molecule has 2 aromatic rings. The molecule has 15 heavy (non-hydrogen) atoms. The Balaban J connectivity index is 2.41. The number of aryl methyl sites for hydroxylation is 2. The lowest BCUT2D eigenvalue weighted by Gasteiger charge is -2.02. The lowest BCUT2D eigenvalue weighted by atomic mass is 10.0. The van der Waals surface area contributed by atoms with Crippen LogP contribution in [-0.4, -0.2) is 16.1 Å². The number of H-pyrrole nitrogens is 1. The van der Waals surface area contributed by atoms with Gasteiger partial charge in [-0.3, -0.25) is 4.79 Å². The molecule has 0 fully saturated rings. The highest BCUT2D eigenvalue weighted by atomic mass is 16.4. The third-order valence-electron chi connectivity index (χ3n) is 2.60. The van der Waals surface area contributed by atoms with Crippen molar-refractivity contribution in [2.75, 3.05) is 0 Å². The highest BCUT2D eigenvalue weighted by molar-refractivity contribution is 5.86. The van der Waals surface area contributed by atoms with E-state index >= 15 is 0 Å². The predicted octanol–water partition coefficient (Wildman–Crippen LogP) is 2.49. The molecule has 0 amide bonds. The van der Waals surface area contributed by atoms with Crippen LogP contribution < -0.4 is 0 Å². The first-order valence-electron chi connectivity index (χ1n) is 4.96. The number of benzene rings is 1. The van der Waals surface area contributed by atoms with Crippen LogP contribution in [0.4, 0.5) is 0 Å². The number of nitrogens with one attached hydrogen (secondary N) is 1. The van der Waals surface area contributed by atoms with E-state index in [2.05, 4.69) is 4.98 Å². The summed E-state index contributed by atoms with van der Waals surface area (Å²) in [4.78, 5) is 13.7. The van der Waals surface area contributed by atoms with Gasteiger partial charge in [0.1, 0.15) is 0 Å². The Morgan fingerprint density at radius 3 is 3.00 bits per heavy atom. The maximum atomic E-state index is 10.5. The number of rotatable bonds is 3. The molecule has 0 unspecified atom stereocenters. The first kappa shape index (κ1) is 9.77. The quantitative estimate of drug-likeness (QED) is 0.805. The van der Waals surface area contributed by atoms with E-state index in [-0.39, 0.29) is 6.42 Å². The Labute approximate surface area is 87.7 Å². The van der Waals surface area contributed by atoms with Gasteiger partial charge in [0.15, 0.2) is 0 Å². The number of aromatic amines is 1. The molecule has 0 radical (unpaired) electrons. The fourth-order valence-corrected chi connectivity index (χ4v) is 1.89. The standard InChI is InChI=1S/C12H13NO2/c1-8-7-13-10-4-2-3-9(12(8)10)5-6-11(14)15/h2-4,7,13H,5-6H2,1H3,(H,14,15). The first-order chi connectivity index (χ1) is 7.18. The number of hydrogen-bond donors (Lipinski definition) is 2. The second-order valence-electron chi connectivity index (χ2n) is 3.71. The van der Waals surface area contributed by atoms with Gasteiger partial charge in [0.25, 0.3) is 0 Å². The van der Waals surface area contributed by atoms with Crippen molar-refractivity contribution in [3.63, 3.8) is 0 Å². The van der Waals surface area contributed by atoms with Crippen molar-refractivity contribution in [1.29, 1.82) is 0 Å². The van der Waals surface area contributed by atoms with Gasteiger partial charge >= 0.3 is 5.97 Å². The molecular weight excluding hydrogens is 190 g/mol. The minimum Gasteiger partial charge on any atom is -0.481 e. The van der Waals surface area contributed by atoms with E-state index in [4.69, 9.17) is 5.11 Å². The third-order valence-corrected chi connectivity index (χ3v) is 2.60. The molecule has 1 aromatic carbocycles. The number of aromatic nitrogens is 1. The topological polar surface area (TPSA) is 53.1 Å². The summed E-state index contributed by atoms with van der Waals surface area (Å²) in [5, 5.41) is 9.82. The molecule has 3 heteroatoms. The van der Waals surface area contributed by atoms with Crippen molar-refractivity contribution in [2.45, 2.75) is 19.8 Å². The van der Waals surface area contributed by atoms with Gasteiger partial charge in [-0.15, -0.1) is 0 Å². The summed E-state index contributed by atoms with van der Waals surface area (Å²) in [7, 11) is 0. The van der Waals surface area contributed by atoms with Gasteiger partial charge in [-0.05, 0) is 30.5 Å². The molecule has 3 nitrogen and oxygen atoms in total. The predicted molar refractivity (Wildman–Crippen MR) is 59.0 cm³/mol. The monoisotopic (exact) mass is 203 g/mol. The highest BCUT2D eigenvalue weighted by Gasteiger charge is 2.06. The van der Waals surface area contributed by atoms with Crippen LogP contribution in [0.25, 0.3) is 10.9 Å². The van der Waals surface area contributed by atoms with Crippen molar-refractivity contribution >= 4 is 16.9 Å². The Bertz CT molecular complexity index is 499. The van der Waals surface area contributed by atoms with Crippen LogP contribution in [0.1, 0.15) is 17.5 Å². The number of aliphatic carboxylic acids is 1. The maximum Gasteiger partial charge on any atom is 0.303 e. The van der Waals surface area contributed by atoms with E-state index < -0.39 is 5.97 Å². The molecule has 0 atom stereocenters. The minimum absolute atomic E-state index is 0.184. The molecule has 1 heterocycles. The van der Waals surface area contributed by atoms with Crippen molar-refractivity contribution in [3.8, 4) is 0 Å². The van der Waals surface area contributed by atoms with Gasteiger partial charge in [0.2, 0.25) is 0 Å². The fraction of sp³-hybridized carbons (Fsp3) is 0.250. The Kier molecular flexibility index (Phi) is 2.46. The van der Waals surface area contributed by atoms with Crippen LogP contribution in [0.15, 0.2) is 24.4 Å². The van der Waals surface area contributed by atoms with Gasteiger partial charge in [0, 0.05) is 23.5 Å². The molecule has 0 saturated heterocycles. The SMILES string of the molecule is Cc1c[nH]c2cccc(CCC(=O)O)c12. The molecule has 78 valence electrons. The summed E-state index contributed by atoms with van der Waals surface area (Å²) in [6.07, 6.45) is 2.73. The van der Waals surface area contributed by atoms with Crippen molar-refractivity contribution < 1.29 is 9.90 Å². The van der Waals surface area contributed by atoms with Crippen molar-refractivity contribution in [3.05, 3.63) is 35.5 Å². The van der Waals surface area contributed by atoms with Gasteiger partial charge in [0.05, 0.1) is 0 Å². The lowest BCUT2D eigenvalue weighted by molar-refractivity contribution is -0.136. The summed E-state index contributed by atoms with van der Waals surface area (Å²) < 4.78 is 0. The average molecular weight is 203 g/mol. The molecule has 2 N–H and O–H groups in total. The molecule has 0 spiro atoms. The number of carboxylic acid groups (broad SMARTS) is 1. The van der Waals surface area contributed by atoms with Crippen LogP contribution in [0, 0.1) is 6.92 Å². The summed E-state index contributed by atoms with van der Waals surface area (Å²) in [5.74, 6) is -0.750. The zero-order valence-electron chi connectivity index (χ0n) is 8.58. The smallest absolute Gasteiger partial charge is 0.303 e. The second kappa shape index (κ2) is 3.77. The number of fused-ring (bicyclic) bond motifs is 1. The van der Waals surface area contributed by atoms with Gasteiger partial charge in [-0.2, -0.15) is 0 Å². The Hall–Kier alpha value is -1.77. The Morgan fingerprint density at radius 1 is 1.47 bits per heavy atom. The first-order valence-corrected chi connectivity index (χ1v) is 4.96. The van der Waals surface area contributed by atoms with E-state index in [0.717, 1.165) is 11.1 Å². The normalized spacial score (nSPS) is 10.7. The van der Waals surface area contributed by atoms with E-state index in [1.54, 1.807) is 0 Å². The molecule has 0 aliphatic heterocycles. The third kappa shape index (κ3) is 1.86. The van der Waals surface area contributed by atoms with Crippen LogP contribution in [-0.2, 0) is 11.2 Å². The molecule has 0 bridgehead atoms. The summed E-state index contributed by atoms with van der Waals surface area (Å²) in [5.41, 5.74) is 3.36. The van der Waals surface area contributed by atoms with Crippen molar-refractivity contribution in [1.82, 2.24) is 4.98 Å². The number of carbonyl (C=O) groups is 1. The van der Waals surface area contributed by atoms with Gasteiger partial charge in [-0.25, -0.2) is 0 Å². The van der Waals surface area contributed by atoms with E-state index in [9.17, 15) is 4.79 Å². The van der Waals surface area contributed by atoms with E-state index in [1.165, 1.54) is 10.9 Å². The van der Waals surface area contributed by atoms with E-state index in [1.807, 2.05) is 31.3 Å². The Morgan fingerprint density at radius 2 is 2.27 bits per heavy atom. The van der Waals surface area contributed by atoms with Crippen molar-refractivity contribution in [2.24, 2.45) is 0 Å². The molecular formula is C12H13NO2. The molecule has 2 rings (SSSR count). The summed E-state index contributed by atoms with van der Waals surface area (Å²) >= 11 is 0. The highest BCUT2D eigenvalue weighted by Crippen LogP contribution is 2.22. The second-order valence-corrected chi connectivity index (χ2v) is 3.71. The molecule has 0 aliphatic rings. The zero-order valence-corrected chi connectivity index (χ0v) is 8.58. The minimum atomic E-state index is -0.750. The summed E-state index contributed by atoms with van der Waals surface area (Å²) in [6, 6.07) is 5.95. The largest absolute Gasteiger partial charge is 0.481 e. The van der Waals surface area contributed by atoms with Crippen LogP contribution in [0.3, 0.4) is 0 Å². The number of hydrogen-bond acceptors (Lipinski definition) is 1. The molecule has 1 aromatic heterocycles. The average Bonchev–Trinajstić information content (AvgIpc) is 2.58. The zero-order chi connectivity index (χ0) is 10.8. The molecule has 0 aliphatic carbocycles. The van der Waals surface area contributed by atoms with Crippen LogP contribution in [0.2, 0.25) is 0 Å². The van der Waals surface area contributed by atoms with Crippen LogP contribution >= 0.6 is 0 Å². The van der Waals surface area contributed by atoms with Gasteiger partial charge in [-0.1, -0.05) is 12.1 Å². The lowest BCUT2D eigenvalue weighted by Crippen LogP contribution is -1.97. The van der Waals surface area contributed by atoms with E-state index in [0.29, 0.717) is 6.42 Å². The maximum absolute atomic E-state index is 10.5. The summed E-state index contributed by atoms with van der Waals surface area (Å²) in [6.45, 7) is 2.03. The van der Waals surface area contributed by atoms with Gasteiger partial charge < -0.3 is 10.1 Å². The van der Waals surface area contributed by atoms with Crippen LogP contribution in [0.5, 0.6) is 0 Å². The molecule has 0 saturated carbocycles.